The summed E-state index contributed by atoms with van der Waals surface area (Å²) in [6.45, 7) is 9.06. The smallest absolute Gasteiger partial charge is 0.251 e. The molecule has 40 heavy (non-hydrogen) atoms. The van der Waals surface area contributed by atoms with Crippen LogP contribution in [0.25, 0.3) is 0 Å². The highest BCUT2D eigenvalue weighted by Crippen LogP contribution is 2.37. The van der Waals surface area contributed by atoms with Crippen LogP contribution in [0.3, 0.4) is 0 Å². The number of carbonyl (C=O) groups excluding carboxylic acids is 2. The lowest BCUT2D eigenvalue weighted by molar-refractivity contribution is -0.120. The fourth-order valence-electron chi connectivity index (χ4n) is 5.31. The average molecular weight is 665 g/mol. The molecule has 1 aromatic heterocycles. The molecule has 0 bridgehead atoms. The van der Waals surface area contributed by atoms with Gasteiger partial charge in [-0.2, -0.15) is 4.98 Å². The first-order valence-corrected chi connectivity index (χ1v) is 15.4. The summed E-state index contributed by atoms with van der Waals surface area (Å²) in [5.41, 5.74) is 1.83. The number of benzene rings is 1. The third kappa shape index (κ3) is 6.60. The van der Waals surface area contributed by atoms with Crippen molar-refractivity contribution in [2.24, 2.45) is 5.92 Å². The average Bonchev–Trinajstić information content (AvgIpc) is 2.94. The van der Waals surface area contributed by atoms with Gasteiger partial charge in [-0.1, -0.05) is 43.4 Å². The van der Waals surface area contributed by atoms with E-state index in [0.717, 1.165) is 37.0 Å². The summed E-state index contributed by atoms with van der Waals surface area (Å²) in [7, 11) is 5.32. The van der Waals surface area contributed by atoms with E-state index in [1.54, 1.807) is 37.4 Å². The molecule has 2 aromatic rings. The molecule has 2 amide bonds. The van der Waals surface area contributed by atoms with Gasteiger partial charge in [0.05, 0.1) is 23.5 Å². The second kappa shape index (κ2) is 13.3. The van der Waals surface area contributed by atoms with Gasteiger partial charge in [0.2, 0.25) is 5.95 Å². The van der Waals surface area contributed by atoms with Gasteiger partial charge in [-0.05, 0) is 43.4 Å². The number of likely N-dealkylation sites (N-methyl/N-ethyl adjacent to an activating group) is 1. The number of halogens is 1. The van der Waals surface area contributed by atoms with Crippen LogP contribution in [-0.2, 0) is 4.79 Å². The SMILES string of the molecule is CCC1C(=O)N(C)c2cnc(Nc3ccc(C(=O)NC4CCN(CI)CC4)cc3OC)nc2N1N(C)CC(C)C. The van der Waals surface area contributed by atoms with E-state index in [4.69, 9.17) is 9.72 Å². The number of aromatic nitrogens is 2. The minimum atomic E-state index is -0.356. The van der Waals surface area contributed by atoms with Gasteiger partial charge in [0.1, 0.15) is 17.5 Å². The van der Waals surface area contributed by atoms with Gasteiger partial charge in [-0.3, -0.25) is 19.5 Å². The Kier molecular flexibility index (Phi) is 10.1. The zero-order valence-electron chi connectivity index (χ0n) is 24.3. The van der Waals surface area contributed by atoms with Crippen LogP contribution < -0.4 is 25.3 Å². The second-order valence-corrected chi connectivity index (χ2v) is 11.5. The van der Waals surface area contributed by atoms with E-state index in [1.165, 1.54) is 0 Å². The molecule has 0 aliphatic carbocycles. The Balaban J connectivity index is 1.56. The molecule has 4 rings (SSSR count). The highest BCUT2D eigenvalue weighted by Gasteiger charge is 2.39. The summed E-state index contributed by atoms with van der Waals surface area (Å²) in [6.07, 6.45) is 4.21. The molecule has 11 nitrogen and oxygen atoms in total. The van der Waals surface area contributed by atoms with Gasteiger partial charge in [0.15, 0.2) is 5.82 Å². The number of ether oxygens (including phenoxy) is 1. The van der Waals surface area contributed by atoms with E-state index in [2.05, 4.69) is 62.0 Å². The van der Waals surface area contributed by atoms with Crippen LogP contribution in [0.2, 0.25) is 0 Å². The van der Waals surface area contributed by atoms with Crippen LogP contribution in [0.1, 0.15) is 50.4 Å². The van der Waals surface area contributed by atoms with Crippen molar-refractivity contribution in [3.05, 3.63) is 30.0 Å². The van der Waals surface area contributed by atoms with Crippen LogP contribution in [0, 0.1) is 5.92 Å². The van der Waals surface area contributed by atoms with E-state index in [9.17, 15) is 9.59 Å². The van der Waals surface area contributed by atoms with Crippen molar-refractivity contribution < 1.29 is 14.3 Å². The first-order valence-electron chi connectivity index (χ1n) is 13.9. The molecule has 1 unspecified atom stereocenters. The molecule has 0 saturated carbocycles. The number of likely N-dealkylation sites (tertiary alicyclic amines) is 1. The predicted molar refractivity (Wildman–Crippen MR) is 167 cm³/mol. The maximum atomic E-state index is 13.2. The van der Waals surface area contributed by atoms with Gasteiger partial charge in [0, 0.05) is 45.3 Å². The molecule has 12 heteroatoms. The summed E-state index contributed by atoms with van der Waals surface area (Å²) in [4.78, 5) is 39.5. The third-order valence-corrected chi connectivity index (χ3v) is 8.39. The Labute approximate surface area is 250 Å². The largest absolute Gasteiger partial charge is 0.495 e. The Morgan fingerprint density at radius 2 is 2.00 bits per heavy atom. The minimum Gasteiger partial charge on any atom is -0.495 e. The van der Waals surface area contributed by atoms with Gasteiger partial charge in [0.25, 0.3) is 11.8 Å². The van der Waals surface area contributed by atoms with Crippen molar-refractivity contribution in [1.29, 1.82) is 0 Å². The number of nitrogens with one attached hydrogen (secondary N) is 2. The van der Waals surface area contributed by atoms with Crippen molar-refractivity contribution in [3.63, 3.8) is 0 Å². The number of piperidine rings is 1. The number of amides is 2. The maximum Gasteiger partial charge on any atom is 0.251 e. The molecule has 1 fully saturated rings. The number of nitrogens with zero attached hydrogens (tertiary/aromatic N) is 6. The van der Waals surface area contributed by atoms with Crippen molar-refractivity contribution in [1.82, 2.24) is 25.2 Å². The normalized spacial score (nSPS) is 18.3. The zero-order chi connectivity index (χ0) is 29.0. The lowest BCUT2D eigenvalue weighted by atomic mass is 10.0. The molecule has 2 N–H and O–H groups in total. The van der Waals surface area contributed by atoms with Crippen molar-refractivity contribution in [2.45, 2.75) is 52.1 Å². The molecule has 0 spiro atoms. The molecule has 3 heterocycles. The lowest BCUT2D eigenvalue weighted by Gasteiger charge is -2.44. The van der Waals surface area contributed by atoms with E-state index >= 15 is 0 Å². The molecule has 2 aliphatic heterocycles. The number of rotatable bonds is 10. The van der Waals surface area contributed by atoms with Crippen LogP contribution in [-0.4, -0.2) is 89.2 Å². The van der Waals surface area contributed by atoms with E-state index in [-0.39, 0.29) is 23.9 Å². The second-order valence-electron chi connectivity index (χ2n) is 10.8. The summed E-state index contributed by atoms with van der Waals surface area (Å²) < 4.78 is 6.64. The Morgan fingerprint density at radius 3 is 2.62 bits per heavy atom. The Hall–Kier alpha value is -2.71. The fraction of sp³-hybridized carbons (Fsp3) is 0.571. The Bertz CT molecular complexity index is 1200. The van der Waals surface area contributed by atoms with E-state index < -0.39 is 0 Å². The van der Waals surface area contributed by atoms with Gasteiger partial charge in [-0.15, -0.1) is 0 Å². The molecule has 2 aliphatic rings. The molecular weight excluding hydrogens is 623 g/mol. The first kappa shape index (κ1) is 30.3. The molecule has 0 radical (unpaired) electrons. The van der Waals surface area contributed by atoms with Gasteiger partial charge >= 0.3 is 0 Å². The van der Waals surface area contributed by atoms with Crippen LogP contribution in [0.4, 0.5) is 23.1 Å². The summed E-state index contributed by atoms with van der Waals surface area (Å²) >= 11 is 2.38. The van der Waals surface area contributed by atoms with Crippen molar-refractivity contribution in [3.8, 4) is 5.75 Å². The number of alkyl halides is 1. The lowest BCUT2D eigenvalue weighted by Crippen LogP contribution is -2.58. The quantitative estimate of drug-likeness (QED) is 0.223. The number of fused-ring (bicyclic) bond motifs is 1. The molecule has 1 saturated heterocycles. The minimum absolute atomic E-state index is 0.0148. The van der Waals surface area contributed by atoms with Crippen LogP contribution in [0.5, 0.6) is 5.75 Å². The standard InChI is InChI=1S/C28H41IN8O3/c1-7-22-27(39)35(5)23-15-30-28(33-25(23)37(22)34(4)16-18(2)3)32-21-9-8-19(14-24(21)40-6)26(38)31-20-10-12-36(17-29)13-11-20/h8-9,14-15,18,20,22H,7,10-13,16-17H2,1-6H3,(H,31,38)(H,30,32,33). The highest BCUT2D eigenvalue weighted by atomic mass is 127. The van der Waals surface area contributed by atoms with Crippen molar-refractivity contribution in [2.75, 3.05) is 60.6 Å². The van der Waals surface area contributed by atoms with Gasteiger partial charge in [-0.25, -0.2) is 9.99 Å². The molecular formula is C28H41IN8O3. The summed E-state index contributed by atoms with van der Waals surface area (Å²) in [5, 5.41) is 10.5. The van der Waals surface area contributed by atoms with E-state index in [0.29, 0.717) is 46.8 Å². The molecule has 218 valence electrons. The van der Waals surface area contributed by atoms with Crippen LogP contribution >= 0.6 is 22.6 Å². The predicted octanol–water partition coefficient (Wildman–Crippen LogP) is 3.88. The monoisotopic (exact) mass is 664 g/mol. The summed E-state index contributed by atoms with van der Waals surface area (Å²) in [5.74, 6) is 1.87. The third-order valence-electron chi connectivity index (χ3n) is 7.43. The first-order chi connectivity index (χ1) is 19.2. The topological polar surface area (TPSA) is 106 Å². The number of methoxy groups -OCH3 is 1. The highest BCUT2D eigenvalue weighted by molar-refractivity contribution is 14.1. The number of hydrogen-bond donors (Lipinski definition) is 2. The zero-order valence-corrected chi connectivity index (χ0v) is 26.4. The fourth-order valence-corrected chi connectivity index (χ4v) is 5.99. The molecule has 1 aromatic carbocycles. The maximum absolute atomic E-state index is 13.2. The number of anilines is 4. The van der Waals surface area contributed by atoms with E-state index in [1.807, 2.05) is 25.0 Å². The summed E-state index contributed by atoms with van der Waals surface area (Å²) in [6, 6.07) is 5.14. The van der Waals surface area contributed by atoms with Gasteiger partial charge < -0.3 is 20.3 Å². The number of hydrogen-bond acceptors (Lipinski definition) is 9. The van der Waals surface area contributed by atoms with Crippen LogP contribution in [0.15, 0.2) is 24.4 Å². The number of hydrazine groups is 1. The molecule has 1 atom stereocenters. The number of carbonyl (C=O) groups is 2. The van der Waals surface area contributed by atoms with Crippen molar-refractivity contribution >= 4 is 57.5 Å². The Morgan fingerprint density at radius 1 is 1.27 bits per heavy atom.